The molecule has 0 N–H and O–H groups in total. The molecule has 1 fully saturated rings. The minimum Gasteiger partial charge on any atom is -0.465 e. The third-order valence-electron chi connectivity index (χ3n) is 5.10. The SMILES string of the molecule is COC(=O)c1ccc(N2CCN(Cc3nc4ccccc4s3)C(C)C2)cc1. The van der Waals surface area contributed by atoms with Crippen molar-refractivity contribution >= 4 is 33.2 Å². The Morgan fingerprint density at radius 2 is 1.96 bits per heavy atom. The third-order valence-corrected chi connectivity index (χ3v) is 6.12. The number of anilines is 1. The number of hydrogen-bond donors (Lipinski definition) is 0. The molecular weight excluding hydrogens is 358 g/mol. The molecule has 0 saturated carbocycles. The van der Waals surface area contributed by atoms with Crippen molar-refractivity contribution < 1.29 is 9.53 Å². The summed E-state index contributed by atoms with van der Waals surface area (Å²) >= 11 is 1.79. The molecule has 0 amide bonds. The minimum absolute atomic E-state index is 0.296. The first-order valence-corrected chi connectivity index (χ1v) is 9.97. The maximum Gasteiger partial charge on any atom is 0.337 e. The van der Waals surface area contributed by atoms with Crippen LogP contribution in [-0.2, 0) is 11.3 Å². The van der Waals surface area contributed by atoms with Crippen LogP contribution >= 0.6 is 11.3 Å². The molecule has 0 spiro atoms. The Bertz CT molecular complexity index is 905. The van der Waals surface area contributed by atoms with Gasteiger partial charge in [0.15, 0.2) is 0 Å². The van der Waals surface area contributed by atoms with Gasteiger partial charge in [0, 0.05) is 31.4 Å². The molecule has 1 atom stereocenters. The molecule has 140 valence electrons. The molecular formula is C21H23N3O2S. The fourth-order valence-electron chi connectivity index (χ4n) is 3.55. The summed E-state index contributed by atoms with van der Waals surface area (Å²) in [5, 5.41) is 1.18. The highest BCUT2D eigenvalue weighted by Crippen LogP contribution is 2.25. The maximum absolute atomic E-state index is 11.6. The van der Waals surface area contributed by atoms with E-state index in [4.69, 9.17) is 9.72 Å². The van der Waals surface area contributed by atoms with Gasteiger partial charge in [-0.25, -0.2) is 9.78 Å². The fraction of sp³-hybridized carbons (Fsp3) is 0.333. The molecule has 4 rings (SSSR count). The second kappa shape index (κ2) is 7.66. The average molecular weight is 382 g/mol. The molecule has 1 saturated heterocycles. The lowest BCUT2D eigenvalue weighted by atomic mass is 10.1. The van der Waals surface area contributed by atoms with Crippen molar-refractivity contribution in [2.75, 3.05) is 31.6 Å². The summed E-state index contributed by atoms with van der Waals surface area (Å²) in [4.78, 5) is 21.2. The van der Waals surface area contributed by atoms with Gasteiger partial charge in [-0.05, 0) is 43.3 Å². The Hall–Kier alpha value is -2.44. The van der Waals surface area contributed by atoms with E-state index in [1.54, 1.807) is 11.3 Å². The van der Waals surface area contributed by atoms with E-state index >= 15 is 0 Å². The van der Waals surface area contributed by atoms with Gasteiger partial charge in [0.2, 0.25) is 0 Å². The molecule has 2 aromatic carbocycles. The molecule has 27 heavy (non-hydrogen) atoms. The normalized spacial score (nSPS) is 18.0. The number of fused-ring (bicyclic) bond motifs is 1. The first kappa shape index (κ1) is 17.9. The van der Waals surface area contributed by atoms with Crippen LogP contribution in [0.4, 0.5) is 5.69 Å². The quantitative estimate of drug-likeness (QED) is 0.644. The van der Waals surface area contributed by atoms with Gasteiger partial charge in [-0.15, -0.1) is 11.3 Å². The van der Waals surface area contributed by atoms with Gasteiger partial charge in [-0.2, -0.15) is 0 Å². The van der Waals surface area contributed by atoms with E-state index in [0.717, 1.165) is 37.4 Å². The number of piperazine rings is 1. The summed E-state index contributed by atoms with van der Waals surface area (Å²) in [6.45, 7) is 6.09. The number of hydrogen-bond acceptors (Lipinski definition) is 6. The molecule has 5 nitrogen and oxygen atoms in total. The van der Waals surface area contributed by atoms with Gasteiger partial charge in [0.1, 0.15) is 5.01 Å². The molecule has 3 aromatic rings. The van der Waals surface area contributed by atoms with Crippen LogP contribution in [0.3, 0.4) is 0 Å². The number of nitrogens with zero attached hydrogens (tertiary/aromatic N) is 3. The number of carbonyl (C=O) groups is 1. The smallest absolute Gasteiger partial charge is 0.337 e. The van der Waals surface area contributed by atoms with Crippen molar-refractivity contribution in [2.45, 2.75) is 19.5 Å². The highest BCUT2D eigenvalue weighted by Gasteiger charge is 2.25. The molecule has 1 aliphatic heterocycles. The van der Waals surface area contributed by atoms with E-state index in [2.05, 4.69) is 34.9 Å². The largest absolute Gasteiger partial charge is 0.465 e. The Kier molecular flexibility index (Phi) is 5.09. The summed E-state index contributed by atoms with van der Waals surface area (Å²) in [6, 6.07) is 16.4. The summed E-state index contributed by atoms with van der Waals surface area (Å²) in [5.74, 6) is -0.296. The summed E-state index contributed by atoms with van der Waals surface area (Å²) in [7, 11) is 1.41. The van der Waals surface area contributed by atoms with Crippen LogP contribution in [0.25, 0.3) is 10.2 Å². The van der Waals surface area contributed by atoms with Crippen molar-refractivity contribution in [3.8, 4) is 0 Å². The van der Waals surface area contributed by atoms with Crippen molar-refractivity contribution in [3.05, 3.63) is 59.1 Å². The van der Waals surface area contributed by atoms with Crippen molar-refractivity contribution in [2.24, 2.45) is 0 Å². The topological polar surface area (TPSA) is 45.7 Å². The average Bonchev–Trinajstić information content (AvgIpc) is 3.11. The van der Waals surface area contributed by atoms with Crippen LogP contribution in [0, 0.1) is 0 Å². The predicted molar refractivity (Wildman–Crippen MR) is 109 cm³/mol. The summed E-state index contributed by atoms with van der Waals surface area (Å²) in [5.41, 5.74) is 2.83. The second-order valence-electron chi connectivity index (χ2n) is 6.88. The van der Waals surface area contributed by atoms with Crippen LogP contribution < -0.4 is 4.90 Å². The molecule has 0 radical (unpaired) electrons. The molecule has 0 aliphatic carbocycles. The lowest BCUT2D eigenvalue weighted by Crippen LogP contribution is -2.51. The molecule has 0 bridgehead atoms. The first-order valence-electron chi connectivity index (χ1n) is 9.16. The monoisotopic (exact) mass is 381 g/mol. The Balaban J connectivity index is 1.40. The molecule has 2 heterocycles. The number of aromatic nitrogens is 1. The van der Waals surface area contributed by atoms with Crippen molar-refractivity contribution in [1.82, 2.24) is 9.88 Å². The van der Waals surface area contributed by atoms with E-state index in [1.807, 2.05) is 30.3 Å². The van der Waals surface area contributed by atoms with Gasteiger partial charge >= 0.3 is 5.97 Å². The number of methoxy groups -OCH3 is 1. The van der Waals surface area contributed by atoms with E-state index in [0.29, 0.717) is 11.6 Å². The van der Waals surface area contributed by atoms with Gasteiger partial charge in [-0.1, -0.05) is 12.1 Å². The molecule has 1 unspecified atom stereocenters. The van der Waals surface area contributed by atoms with Crippen LogP contribution in [0.2, 0.25) is 0 Å². The standard InChI is InChI=1S/C21H23N3O2S/c1-15-13-24(17-9-7-16(8-10-17)21(25)26-2)12-11-23(15)14-20-22-18-5-3-4-6-19(18)27-20/h3-10,15H,11-14H2,1-2H3. The lowest BCUT2D eigenvalue weighted by molar-refractivity contribution is 0.0600. The predicted octanol–water partition coefficient (Wildman–Crippen LogP) is 3.79. The summed E-state index contributed by atoms with van der Waals surface area (Å²) in [6.07, 6.45) is 0. The number of esters is 1. The first-order chi connectivity index (χ1) is 13.1. The van der Waals surface area contributed by atoms with Crippen LogP contribution in [0.1, 0.15) is 22.3 Å². The van der Waals surface area contributed by atoms with Gasteiger partial charge in [0.25, 0.3) is 0 Å². The Labute approximate surface area is 163 Å². The number of para-hydroxylation sites is 1. The number of ether oxygens (including phenoxy) is 1. The van der Waals surface area contributed by atoms with Crippen LogP contribution in [-0.4, -0.2) is 48.6 Å². The van der Waals surface area contributed by atoms with Crippen molar-refractivity contribution in [1.29, 1.82) is 0 Å². The highest BCUT2D eigenvalue weighted by atomic mass is 32.1. The van der Waals surface area contributed by atoms with Gasteiger partial charge in [-0.3, -0.25) is 4.90 Å². The van der Waals surface area contributed by atoms with E-state index in [-0.39, 0.29) is 5.97 Å². The van der Waals surface area contributed by atoms with E-state index in [9.17, 15) is 4.79 Å². The van der Waals surface area contributed by atoms with E-state index in [1.165, 1.54) is 16.8 Å². The molecule has 1 aromatic heterocycles. The van der Waals surface area contributed by atoms with Crippen molar-refractivity contribution in [3.63, 3.8) is 0 Å². The Morgan fingerprint density at radius 3 is 2.67 bits per heavy atom. The number of rotatable bonds is 4. The summed E-state index contributed by atoms with van der Waals surface area (Å²) < 4.78 is 6.02. The number of benzene rings is 2. The molecule has 6 heteroatoms. The van der Waals surface area contributed by atoms with Crippen LogP contribution in [0.5, 0.6) is 0 Å². The number of thiazole rings is 1. The maximum atomic E-state index is 11.6. The minimum atomic E-state index is -0.296. The van der Waals surface area contributed by atoms with E-state index < -0.39 is 0 Å². The zero-order valence-corrected chi connectivity index (χ0v) is 16.4. The fourth-order valence-corrected chi connectivity index (χ4v) is 4.55. The third kappa shape index (κ3) is 3.82. The number of carbonyl (C=O) groups excluding carboxylic acids is 1. The van der Waals surface area contributed by atoms with Crippen LogP contribution in [0.15, 0.2) is 48.5 Å². The lowest BCUT2D eigenvalue weighted by Gasteiger charge is -2.40. The van der Waals surface area contributed by atoms with Gasteiger partial charge < -0.3 is 9.64 Å². The van der Waals surface area contributed by atoms with Gasteiger partial charge in [0.05, 0.1) is 29.4 Å². The zero-order chi connectivity index (χ0) is 18.8. The second-order valence-corrected chi connectivity index (χ2v) is 7.99. The highest BCUT2D eigenvalue weighted by molar-refractivity contribution is 7.18. The Morgan fingerprint density at radius 1 is 1.19 bits per heavy atom. The zero-order valence-electron chi connectivity index (χ0n) is 15.6. The molecule has 1 aliphatic rings.